The molecule has 0 radical (unpaired) electrons. The highest BCUT2D eigenvalue weighted by molar-refractivity contribution is 5.63. The number of aromatic nitrogens is 3. The van der Waals surface area contributed by atoms with Gasteiger partial charge in [0.25, 0.3) is 0 Å². The van der Waals surface area contributed by atoms with Gasteiger partial charge in [0.2, 0.25) is 5.95 Å². The average molecular weight is 348 g/mol. The molecule has 1 N–H and O–H groups in total. The van der Waals surface area contributed by atoms with Crippen LogP contribution >= 0.6 is 0 Å². The number of rotatable bonds is 3. The minimum absolute atomic E-state index is 0.0908. The van der Waals surface area contributed by atoms with Crippen molar-refractivity contribution in [1.29, 1.82) is 0 Å². The van der Waals surface area contributed by atoms with Gasteiger partial charge in [-0.2, -0.15) is 18.2 Å². The normalized spacial score (nSPS) is 11.4. The Morgan fingerprint density at radius 2 is 1.80 bits per heavy atom. The van der Waals surface area contributed by atoms with Gasteiger partial charge in [0.15, 0.2) is 5.82 Å². The zero-order chi connectivity index (χ0) is 18.0. The summed E-state index contributed by atoms with van der Waals surface area (Å²) in [4.78, 5) is 11.7. The maximum Gasteiger partial charge on any atom is 0.417 e. The summed E-state index contributed by atoms with van der Waals surface area (Å²) in [7, 11) is 0. The van der Waals surface area contributed by atoms with Crippen molar-refractivity contribution in [3.63, 3.8) is 0 Å². The van der Waals surface area contributed by atoms with E-state index in [0.29, 0.717) is 11.8 Å². The number of anilines is 2. The number of benzene rings is 2. The van der Waals surface area contributed by atoms with Gasteiger partial charge in [-0.3, -0.25) is 0 Å². The molecular weight excluding hydrogens is 336 g/mol. The molecule has 1 aromatic heterocycles. The predicted octanol–water partition coefficient (Wildman–Crippen LogP) is 4.75. The van der Waals surface area contributed by atoms with Crippen molar-refractivity contribution in [1.82, 2.24) is 15.0 Å². The molecule has 0 saturated carbocycles. The Bertz CT molecular complexity index is 909. The summed E-state index contributed by atoms with van der Waals surface area (Å²) in [5, 5.41) is 2.91. The highest BCUT2D eigenvalue weighted by Gasteiger charge is 2.35. The zero-order valence-electron chi connectivity index (χ0n) is 13.0. The predicted molar refractivity (Wildman–Crippen MR) is 84.7 cm³/mol. The van der Waals surface area contributed by atoms with Crippen molar-refractivity contribution in [2.75, 3.05) is 5.32 Å². The molecule has 0 aliphatic carbocycles. The summed E-state index contributed by atoms with van der Waals surface area (Å²) in [5.74, 6) is -1.09. The van der Waals surface area contributed by atoms with E-state index in [1.807, 2.05) is 25.1 Å². The van der Waals surface area contributed by atoms with Gasteiger partial charge in [-0.1, -0.05) is 12.1 Å². The minimum Gasteiger partial charge on any atom is -0.324 e. The van der Waals surface area contributed by atoms with E-state index < -0.39 is 17.6 Å². The second kappa shape index (κ2) is 6.46. The molecule has 4 nitrogen and oxygen atoms in total. The van der Waals surface area contributed by atoms with Crippen molar-refractivity contribution in [2.24, 2.45) is 0 Å². The van der Waals surface area contributed by atoms with Gasteiger partial charge in [-0.05, 0) is 42.8 Å². The maximum atomic E-state index is 13.2. The Balaban J connectivity index is 2.00. The Kier molecular flexibility index (Phi) is 4.35. The van der Waals surface area contributed by atoms with E-state index in [9.17, 15) is 17.6 Å². The molecule has 0 unspecified atom stereocenters. The second-order valence-electron chi connectivity index (χ2n) is 5.31. The molecule has 0 aliphatic rings. The summed E-state index contributed by atoms with van der Waals surface area (Å²) in [6, 6.07) is 9.69. The number of hydrogen-bond acceptors (Lipinski definition) is 4. The Labute approximate surface area is 140 Å². The van der Waals surface area contributed by atoms with Crippen LogP contribution in [0.5, 0.6) is 0 Å². The van der Waals surface area contributed by atoms with E-state index in [2.05, 4.69) is 20.3 Å². The zero-order valence-corrected chi connectivity index (χ0v) is 13.0. The molecule has 128 valence electrons. The lowest BCUT2D eigenvalue weighted by Crippen LogP contribution is -2.09. The molecule has 2 aromatic carbocycles. The monoisotopic (exact) mass is 348 g/mol. The van der Waals surface area contributed by atoms with E-state index in [-0.39, 0.29) is 17.3 Å². The van der Waals surface area contributed by atoms with Crippen LogP contribution in [0, 0.1) is 12.7 Å². The molecule has 3 aromatic rings. The summed E-state index contributed by atoms with van der Waals surface area (Å²) < 4.78 is 52.7. The first-order chi connectivity index (χ1) is 11.8. The van der Waals surface area contributed by atoms with Crippen LogP contribution in [-0.4, -0.2) is 15.0 Å². The van der Waals surface area contributed by atoms with E-state index >= 15 is 0 Å². The van der Waals surface area contributed by atoms with Crippen LogP contribution in [0.25, 0.3) is 11.4 Å². The van der Waals surface area contributed by atoms with Gasteiger partial charge >= 0.3 is 6.18 Å². The summed E-state index contributed by atoms with van der Waals surface area (Å²) in [6.07, 6.45) is -3.63. The molecule has 3 rings (SSSR count). The van der Waals surface area contributed by atoms with E-state index in [0.717, 1.165) is 24.0 Å². The van der Waals surface area contributed by atoms with E-state index in [1.165, 1.54) is 0 Å². The summed E-state index contributed by atoms with van der Waals surface area (Å²) in [5.41, 5.74) is 0.230. The third kappa shape index (κ3) is 3.90. The molecular formula is C17H12F4N4. The maximum absolute atomic E-state index is 13.2. The van der Waals surface area contributed by atoms with Crippen LogP contribution < -0.4 is 5.32 Å². The number of hydrogen-bond donors (Lipinski definition) is 1. The molecule has 8 heteroatoms. The minimum atomic E-state index is -4.73. The van der Waals surface area contributed by atoms with Crippen LogP contribution in [0.4, 0.5) is 29.2 Å². The molecule has 0 spiro atoms. The number of nitrogens with one attached hydrogen (secondary N) is 1. The van der Waals surface area contributed by atoms with E-state index in [1.54, 1.807) is 6.07 Å². The smallest absolute Gasteiger partial charge is 0.324 e. The van der Waals surface area contributed by atoms with Crippen LogP contribution in [-0.2, 0) is 6.18 Å². The topological polar surface area (TPSA) is 50.7 Å². The van der Waals surface area contributed by atoms with Crippen molar-refractivity contribution >= 4 is 11.6 Å². The molecule has 25 heavy (non-hydrogen) atoms. The van der Waals surface area contributed by atoms with Crippen molar-refractivity contribution < 1.29 is 17.6 Å². The number of alkyl halides is 3. The molecule has 0 amide bonds. The first-order valence-electron chi connectivity index (χ1n) is 7.23. The largest absolute Gasteiger partial charge is 0.417 e. The van der Waals surface area contributed by atoms with Gasteiger partial charge in [-0.15, -0.1) is 0 Å². The first-order valence-corrected chi connectivity index (χ1v) is 7.23. The molecule has 0 fully saturated rings. The van der Waals surface area contributed by atoms with Crippen LogP contribution in [0.1, 0.15) is 11.1 Å². The number of nitrogens with zero attached hydrogens (tertiary/aromatic N) is 3. The van der Waals surface area contributed by atoms with Crippen molar-refractivity contribution in [3.8, 4) is 11.4 Å². The number of halogens is 4. The summed E-state index contributed by atoms with van der Waals surface area (Å²) >= 11 is 0. The average Bonchev–Trinajstić information content (AvgIpc) is 2.54. The lowest BCUT2D eigenvalue weighted by Gasteiger charge is -2.12. The van der Waals surface area contributed by atoms with Crippen LogP contribution in [0.3, 0.4) is 0 Å². The van der Waals surface area contributed by atoms with Gasteiger partial charge in [-0.25, -0.2) is 14.4 Å². The lowest BCUT2D eigenvalue weighted by molar-refractivity contribution is -0.137. The first kappa shape index (κ1) is 16.8. The highest BCUT2D eigenvalue weighted by Crippen LogP contribution is 2.36. The van der Waals surface area contributed by atoms with Crippen LogP contribution in [0.15, 0.2) is 48.8 Å². The fraction of sp³-hybridized carbons (Fsp3) is 0.118. The van der Waals surface area contributed by atoms with Crippen molar-refractivity contribution in [2.45, 2.75) is 13.1 Å². The van der Waals surface area contributed by atoms with Gasteiger partial charge in [0.05, 0.1) is 5.56 Å². The van der Waals surface area contributed by atoms with Gasteiger partial charge in [0, 0.05) is 11.3 Å². The summed E-state index contributed by atoms with van der Waals surface area (Å²) in [6.45, 7) is 1.90. The van der Waals surface area contributed by atoms with E-state index in [4.69, 9.17) is 0 Å². The van der Waals surface area contributed by atoms with Crippen molar-refractivity contribution in [3.05, 3.63) is 65.7 Å². The Morgan fingerprint density at radius 1 is 1.00 bits per heavy atom. The molecule has 0 atom stereocenters. The fourth-order valence-electron chi connectivity index (χ4n) is 2.28. The second-order valence-corrected chi connectivity index (χ2v) is 5.31. The lowest BCUT2D eigenvalue weighted by atomic mass is 10.1. The Morgan fingerprint density at radius 3 is 2.52 bits per heavy atom. The highest BCUT2D eigenvalue weighted by atomic mass is 19.4. The fourth-order valence-corrected chi connectivity index (χ4v) is 2.28. The third-order valence-electron chi connectivity index (χ3n) is 3.37. The standard InChI is InChI=1S/C17H12F4N4/c1-10-3-2-4-12(7-10)24-16-23-9-22-15(25-16)13-6-5-11(18)8-14(13)17(19,20)21/h2-9H,1H3,(H,22,23,24,25). The third-order valence-corrected chi connectivity index (χ3v) is 3.37. The SMILES string of the molecule is Cc1cccc(Nc2ncnc(-c3ccc(F)cc3C(F)(F)F)n2)c1. The molecule has 0 saturated heterocycles. The van der Waals surface area contributed by atoms with Crippen LogP contribution in [0.2, 0.25) is 0 Å². The van der Waals surface area contributed by atoms with Gasteiger partial charge in [0.1, 0.15) is 12.1 Å². The quantitative estimate of drug-likeness (QED) is 0.694. The molecule has 1 heterocycles. The molecule has 0 aliphatic heterocycles. The van der Waals surface area contributed by atoms with Gasteiger partial charge < -0.3 is 5.32 Å². The molecule has 0 bridgehead atoms. The number of aryl methyl sites for hydroxylation is 1. The Hall–Kier alpha value is -3.03.